The molecule has 1 aliphatic rings. The van der Waals surface area contributed by atoms with E-state index in [2.05, 4.69) is 24.3 Å². The molecule has 2 rings (SSSR count). The smallest absolute Gasteiger partial charge is 0.258 e. The molecule has 0 spiro atoms. The summed E-state index contributed by atoms with van der Waals surface area (Å²) in [5.41, 5.74) is 6.18. The van der Waals surface area contributed by atoms with Gasteiger partial charge in [-0.05, 0) is 24.0 Å². The molecular weight excluding hydrogens is 258 g/mol. The molecule has 108 valence electrons. The number of amides is 1. The monoisotopic (exact) mass is 277 g/mol. The van der Waals surface area contributed by atoms with E-state index in [0.29, 0.717) is 11.3 Å². The van der Waals surface area contributed by atoms with Crippen LogP contribution in [0.3, 0.4) is 0 Å². The standard InChI is InChI=1S/C14H19N3O3/c1-14(2)7-11(14)16-12(18)8-20-10-6-4-3-5-9(10)13(15)17-19/h3-6,11,19H,7-8H2,1-2H3,(H2,15,17)(H,16,18). The Morgan fingerprint density at radius 1 is 1.55 bits per heavy atom. The summed E-state index contributed by atoms with van der Waals surface area (Å²) >= 11 is 0. The van der Waals surface area contributed by atoms with Gasteiger partial charge in [0.2, 0.25) is 0 Å². The van der Waals surface area contributed by atoms with Crippen molar-refractivity contribution >= 4 is 11.7 Å². The molecule has 1 aromatic rings. The number of amidine groups is 1. The third-order valence-corrected chi connectivity index (χ3v) is 3.48. The van der Waals surface area contributed by atoms with Crippen molar-refractivity contribution < 1.29 is 14.7 Å². The maximum atomic E-state index is 11.8. The molecule has 1 unspecified atom stereocenters. The Kier molecular flexibility index (Phi) is 3.83. The Balaban J connectivity index is 1.92. The lowest BCUT2D eigenvalue weighted by Gasteiger charge is -2.11. The maximum Gasteiger partial charge on any atom is 0.258 e. The highest BCUT2D eigenvalue weighted by molar-refractivity contribution is 5.99. The highest BCUT2D eigenvalue weighted by Crippen LogP contribution is 2.44. The molecule has 6 heteroatoms. The van der Waals surface area contributed by atoms with Crippen molar-refractivity contribution in [2.24, 2.45) is 16.3 Å². The molecule has 0 saturated heterocycles. The molecule has 1 aromatic carbocycles. The molecule has 1 aliphatic carbocycles. The summed E-state index contributed by atoms with van der Waals surface area (Å²) in [6.45, 7) is 4.11. The van der Waals surface area contributed by atoms with Gasteiger partial charge in [-0.2, -0.15) is 0 Å². The molecule has 0 aromatic heterocycles. The molecular formula is C14H19N3O3. The summed E-state index contributed by atoms with van der Waals surface area (Å²) in [4.78, 5) is 11.8. The molecule has 1 fully saturated rings. The predicted octanol–water partition coefficient (Wildman–Crippen LogP) is 1.07. The van der Waals surface area contributed by atoms with E-state index in [9.17, 15) is 4.79 Å². The predicted molar refractivity (Wildman–Crippen MR) is 74.8 cm³/mol. The van der Waals surface area contributed by atoms with Crippen LogP contribution in [0, 0.1) is 5.41 Å². The van der Waals surface area contributed by atoms with Crippen LogP contribution in [0.25, 0.3) is 0 Å². The van der Waals surface area contributed by atoms with E-state index in [1.807, 2.05) is 0 Å². The summed E-state index contributed by atoms with van der Waals surface area (Å²) < 4.78 is 5.43. The van der Waals surface area contributed by atoms with Crippen molar-refractivity contribution in [3.05, 3.63) is 29.8 Å². The lowest BCUT2D eigenvalue weighted by Crippen LogP contribution is -2.33. The number of nitrogens with zero attached hydrogens (tertiary/aromatic N) is 1. The normalized spacial score (nSPS) is 20.3. The summed E-state index contributed by atoms with van der Waals surface area (Å²) in [5, 5.41) is 14.5. The van der Waals surface area contributed by atoms with E-state index in [-0.39, 0.29) is 29.8 Å². The van der Waals surface area contributed by atoms with Crippen molar-refractivity contribution in [3.8, 4) is 5.75 Å². The van der Waals surface area contributed by atoms with E-state index >= 15 is 0 Å². The Morgan fingerprint density at radius 3 is 2.80 bits per heavy atom. The van der Waals surface area contributed by atoms with E-state index in [4.69, 9.17) is 15.7 Å². The van der Waals surface area contributed by atoms with Gasteiger partial charge in [0.15, 0.2) is 12.4 Å². The molecule has 20 heavy (non-hydrogen) atoms. The second-order valence-electron chi connectivity index (χ2n) is 5.58. The molecule has 0 heterocycles. The number of ether oxygens (including phenoxy) is 1. The number of carbonyl (C=O) groups is 1. The largest absolute Gasteiger partial charge is 0.483 e. The lowest BCUT2D eigenvalue weighted by atomic mass is 10.2. The van der Waals surface area contributed by atoms with Crippen LogP contribution in [0.4, 0.5) is 0 Å². The average Bonchev–Trinajstić information content (AvgIpc) is 3.02. The third-order valence-electron chi connectivity index (χ3n) is 3.48. The second-order valence-corrected chi connectivity index (χ2v) is 5.58. The van der Waals surface area contributed by atoms with Crippen LogP contribution in [0.15, 0.2) is 29.4 Å². The number of benzene rings is 1. The van der Waals surface area contributed by atoms with E-state index in [0.717, 1.165) is 6.42 Å². The first-order valence-corrected chi connectivity index (χ1v) is 6.43. The second kappa shape index (κ2) is 5.40. The van der Waals surface area contributed by atoms with Gasteiger partial charge in [0.1, 0.15) is 5.75 Å². The molecule has 4 N–H and O–H groups in total. The van der Waals surface area contributed by atoms with Gasteiger partial charge < -0.3 is 21.0 Å². The van der Waals surface area contributed by atoms with Crippen molar-refractivity contribution in [3.63, 3.8) is 0 Å². The summed E-state index contributed by atoms with van der Waals surface area (Å²) in [5.74, 6) is 0.187. The van der Waals surface area contributed by atoms with Crippen molar-refractivity contribution in [2.45, 2.75) is 26.3 Å². The molecule has 1 amide bonds. The number of carbonyl (C=O) groups excluding carboxylic acids is 1. The Labute approximate surface area is 117 Å². The molecule has 6 nitrogen and oxygen atoms in total. The molecule has 1 atom stereocenters. The summed E-state index contributed by atoms with van der Waals surface area (Å²) in [6.07, 6.45) is 0.986. The minimum absolute atomic E-state index is 0.0515. The minimum Gasteiger partial charge on any atom is -0.483 e. The zero-order valence-corrected chi connectivity index (χ0v) is 11.6. The zero-order chi connectivity index (χ0) is 14.8. The average molecular weight is 277 g/mol. The van der Waals surface area contributed by atoms with Gasteiger partial charge in [-0.1, -0.05) is 31.1 Å². The quantitative estimate of drug-likeness (QED) is 0.324. The van der Waals surface area contributed by atoms with Crippen LogP contribution in [0.2, 0.25) is 0 Å². The van der Waals surface area contributed by atoms with Crippen LogP contribution >= 0.6 is 0 Å². The van der Waals surface area contributed by atoms with E-state index < -0.39 is 0 Å². The molecule has 0 aliphatic heterocycles. The molecule has 0 radical (unpaired) electrons. The lowest BCUT2D eigenvalue weighted by molar-refractivity contribution is -0.123. The third kappa shape index (κ3) is 3.20. The van der Waals surface area contributed by atoms with Gasteiger partial charge >= 0.3 is 0 Å². The van der Waals surface area contributed by atoms with Gasteiger partial charge in [-0.3, -0.25) is 4.79 Å². The maximum absolute atomic E-state index is 11.8. The minimum atomic E-state index is -0.171. The number of rotatable bonds is 5. The number of hydrogen-bond donors (Lipinski definition) is 3. The zero-order valence-electron chi connectivity index (χ0n) is 11.6. The fourth-order valence-corrected chi connectivity index (χ4v) is 1.95. The van der Waals surface area contributed by atoms with Crippen molar-refractivity contribution in [2.75, 3.05) is 6.61 Å². The SMILES string of the molecule is CC1(C)CC1NC(=O)COc1ccccc1C(N)=NO. The Morgan fingerprint density at radius 2 is 2.20 bits per heavy atom. The van der Waals surface area contributed by atoms with Crippen LogP contribution < -0.4 is 15.8 Å². The number of hydrogen-bond acceptors (Lipinski definition) is 4. The van der Waals surface area contributed by atoms with Crippen molar-refractivity contribution in [1.29, 1.82) is 0 Å². The molecule has 1 saturated carbocycles. The van der Waals surface area contributed by atoms with Gasteiger partial charge in [-0.15, -0.1) is 0 Å². The van der Waals surface area contributed by atoms with E-state index in [1.54, 1.807) is 24.3 Å². The number of nitrogens with one attached hydrogen (secondary N) is 1. The fraction of sp³-hybridized carbons (Fsp3) is 0.429. The van der Waals surface area contributed by atoms with Gasteiger partial charge in [-0.25, -0.2) is 0 Å². The van der Waals surface area contributed by atoms with Gasteiger partial charge in [0, 0.05) is 6.04 Å². The topological polar surface area (TPSA) is 96.9 Å². The molecule has 0 bridgehead atoms. The van der Waals surface area contributed by atoms with Crippen LogP contribution in [0.1, 0.15) is 25.8 Å². The number of para-hydroxylation sites is 1. The Bertz CT molecular complexity index is 540. The first-order valence-electron chi connectivity index (χ1n) is 6.43. The number of oxime groups is 1. The highest BCUT2D eigenvalue weighted by atomic mass is 16.5. The first-order chi connectivity index (χ1) is 9.44. The van der Waals surface area contributed by atoms with Gasteiger partial charge in [0.05, 0.1) is 5.56 Å². The van der Waals surface area contributed by atoms with Crippen LogP contribution in [-0.4, -0.2) is 29.6 Å². The van der Waals surface area contributed by atoms with Gasteiger partial charge in [0.25, 0.3) is 5.91 Å². The van der Waals surface area contributed by atoms with E-state index in [1.165, 1.54) is 0 Å². The fourth-order valence-electron chi connectivity index (χ4n) is 1.95. The summed E-state index contributed by atoms with van der Waals surface area (Å²) in [7, 11) is 0. The van der Waals surface area contributed by atoms with Crippen LogP contribution in [-0.2, 0) is 4.79 Å². The number of nitrogens with two attached hydrogens (primary N) is 1. The summed E-state index contributed by atoms with van der Waals surface area (Å²) in [6, 6.07) is 7.05. The first kappa shape index (κ1) is 14.2. The van der Waals surface area contributed by atoms with Crippen molar-refractivity contribution in [1.82, 2.24) is 5.32 Å². The highest BCUT2D eigenvalue weighted by Gasteiger charge is 2.46. The Hall–Kier alpha value is -2.24. The van der Waals surface area contributed by atoms with Crippen LogP contribution in [0.5, 0.6) is 5.75 Å².